The molecule has 4 heteroatoms. The van der Waals surface area contributed by atoms with Gasteiger partial charge in [0.05, 0.1) is 4.90 Å². The molecular weight excluding hydrogens is 246 g/mol. The van der Waals surface area contributed by atoms with Crippen molar-refractivity contribution in [2.75, 3.05) is 6.54 Å². The summed E-state index contributed by atoms with van der Waals surface area (Å²) in [4.78, 5) is 0.365. The zero-order chi connectivity index (χ0) is 13.0. The zero-order valence-corrected chi connectivity index (χ0v) is 11.7. The number of hydrogen-bond acceptors (Lipinski definition) is 2. The van der Waals surface area contributed by atoms with E-state index in [0.717, 1.165) is 0 Å². The second kappa shape index (κ2) is 5.85. The van der Waals surface area contributed by atoms with Gasteiger partial charge in [0.2, 0.25) is 10.0 Å². The van der Waals surface area contributed by atoms with E-state index in [1.165, 1.54) is 37.7 Å². The van der Waals surface area contributed by atoms with Crippen LogP contribution >= 0.6 is 0 Å². The first kappa shape index (κ1) is 13.6. The van der Waals surface area contributed by atoms with Crippen molar-refractivity contribution in [1.29, 1.82) is 0 Å². The maximum atomic E-state index is 11.8. The summed E-state index contributed by atoms with van der Waals surface area (Å²) >= 11 is 0. The summed E-state index contributed by atoms with van der Waals surface area (Å²) in [5, 5.41) is 0. The van der Waals surface area contributed by atoms with Gasteiger partial charge in [0.1, 0.15) is 0 Å². The normalized spacial score (nSPS) is 17.8. The molecule has 0 aliphatic heterocycles. The lowest BCUT2D eigenvalue weighted by molar-refractivity contribution is 0.443. The van der Waals surface area contributed by atoms with Crippen LogP contribution in [0.2, 0.25) is 0 Å². The van der Waals surface area contributed by atoms with Crippen molar-refractivity contribution in [3.05, 3.63) is 29.8 Å². The Morgan fingerprint density at radius 1 is 1.11 bits per heavy atom. The number of hydrogen-bond donors (Lipinski definition) is 1. The van der Waals surface area contributed by atoms with Crippen LogP contribution in [0.3, 0.4) is 0 Å². The summed E-state index contributed by atoms with van der Waals surface area (Å²) in [6.07, 6.45) is 6.40. The highest BCUT2D eigenvalue weighted by Gasteiger charge is 2.17. The number of rotatable bonds is 4. The lowest BCUT2D eigenvalue weighted by atomic mass is 9.84. The van der Waals surface area contributed by atoms with E-state index in [2.05, 4.69) is 4.72 Å². The fraction of sp³-hybridized carbons (Fsp3) is 0.571. The molecule has 2 rings (SSSR count). The van der Waals surface area contributed by atoms with Crippen LogP contribution in [0.15, 0.2) is 29.2 Å². The van der Waals surface area contributed by atoms with Crippen LogP contribution in [-0.2, 0) is 10.0 Å². The fourth-order valence-corrected chi connectivity index (χ4v) is 3.67. The zero-order valence-electron chi connectivity index (χ0n) is 10.9. The highest BCUT2D eigenvalue weighted by Crippen LogP contribution is 2.32. The highest BCUT2D eigenvalue weighted by molar-refractivity contribution is 7.89. The third-order valence-electron chi connectivity index (χ3n) is 3.60. The molecule has 0 amide bonds. The molecule has 0 heterocycles. The first-order valence-corrected chi connectivity index (χ1v) is 8.21. The van der Waals surface area contributed by atoms with Crippen molar-refractivity contribution in [2.45, 2.75) is 49.8 Å². The summed E-state index contributed by atoms with van der Waals surface area (Å²) < 4.78 is 26.1. The van der Waals surface area contributed by atoms with Gasteiger partial charge in [-0.25, -0.2) is 13.1 Å². The van der Waals surface area contributed by atoms with Crippen LogP contribution in [0, 0.1) is 0 Å². The summed E-state index contributed by atoms with van der Waals surface area (Å²) in [5.74, 6) is 0.620. The van der Waals surface area contributed by atoms with Gasteiger partial charge in [-0.15, -0.1) is 0 Å². The van der Waals surface area contributed by atoms with E-state index in [1.807, 2.05) is 12.1 Å². The van der Waals surface area contributed by atoms with Crippen LogP contribution in [0.25, 0.3) is 0 Å². The molecule has 1 aliphatic rings. The molecule has 1 fully saturated rings. The van der Waals surface area contributed by atoms with Crippen molar-refractivity contribution < 1.29 is 8.42 Å². The minimum atomic E-state index is -3.31. The molecule has 0 spiro atoms. The standard InChI is InChI=1S/C14H21NO2S/c1-2-15-18(16,17)14-10-8-13(9-11-14)12-6-4-3-5-7-12/h8-12,15H,2-7H2,1H3. The summed E-state index contributed by atoms with van der Waals surface area (Å²) in [6, 6.07) is 7.39. The Morgan fingerprint density at radius 2 is 1.72 bits per heavy atom. The molecule has 1 aliphatic carbocycles. The van der Waals surface area contributed by atoms with Crippen LogP contribution in [-0.4, -0.2) is 15.0 Å². The largest absolute Gasteiger partial charge is 0.240 e. The predicted molar refractivity (Wildman–Crippen MR) is 73.1 cm³/mol. The van der Waals surface area contributed by atoms with Gasteiger partial charge in [0.25, 0.3) is 0 Å². The Balaban J connectivity index is 2.14. The van der Waals surface area contributed by atoms with E-state index < -0.39 is 10.0 Å². The van der Waals surface area contributed by atoms with Gasteiger partial charge in [0.15, 0.2) is 0 Å². The number of benzene rings is 1. The molecule has 1 aromatic carbocycles. The van der Waals surface area contributed by atoms with Crippen LogP contribution in [0.5, 0.6) is 0 Å². The monoisotopic (exact) mass is 267 g/mol. The first-order chi connectivity index (χ1) is 8.63. The Hall–Kier alpha value is -0.870. The van der Waals surface area contributed by atoms with Gasteiger partial charge in [-0.2, -0.15) is 0 Å². The average molecular weight is 267 g/mol. The molecule has 0 saturated heterocycles. The van der Waals surface area contributed by atoms with Crippen LogP contribution in [0.4, 0.5) is 0 Å². The Bertz CT molecular complexity index is 473. The minimum absolute atomic E-state index is 0.365. The quantitative estimate of drug-likeness (QED) is 0.911. The van der Waals surface area contributed by atoms with Crippen LogP contribution < -0.4 is 4.72 Å². The highest BCUT2D eigenvalue weighted by atomic mass is 32.2. The second-order valence-electron chi connectivity index (χ2n) is 4.91. The van der Waals surface area contributed by atoms with Crippen molar-refractivity contribution in [2.24, 2.45) is 0 Å². The lowest BCUT2D eigenvalue weighted by Crippen LogP contribution is -2.23. The van der Waals surface area contributed by atoms with Crippen molar-refractivity contribution in [1.82, 2.24) is 4.72 Å². The van der Waals surface area contributed by atoms with E-state index in [9.17, 15) is 8.42 Å². The lowest BCUT2D eigenvalue weighted by Gasteiger charge is -2.22. The number of nitrogens with one attached hydrogen (secondary N) is 1. The van der Waals surface area contributed by atoms with E-state index in [1.54, 1.807) is 19.1 Å². The number of sulfonamides is 1. The van der Waals surface area contributed by atoms with E-state index in [-0.39, 0.29) is 0 Å². The van der Waals surface area contributed by atoms with Gasteiger partial charge in [0, 0.05) is 6.54 Å². The summed E-state index contributed by atoms with van der Waals surface area (Å²) in [7, 11) is -3.31. The molecule has 0 radical (unpaired) electrons. The molecule has 18 heavy (non-hydrogen) atoms. The second-order valence-corrected chi connectivity index (χ2v) is 6.67. The summed E-state index contributed by atoms with van der Waals surface area (Å²) in [5.41, 5.74) is 1.28. The molecule has 0 atom stereocenters. The maximum absolute atomic E-state index is 11.8. The molecule has 1 N–H and O–H groups in total. The molecule has 100 valence electrons. The van der Waals surface area contributed by atoms with Crippen molar-refractivity contribution in [3.8, 4) is 0 Å². The average Bonchev–Trinajstić information content (AvgIpc) is 2.40. The molecule has 0 bridgehead atoms. The van der Waals surface area contributed by atoms with E-state index >= 15 is 0 Å². The van der Waals surface area contributed by atoms with E-state index in [0.29, 0.717) is 17.4 Å². The first-order valence-electron chi connectivity index (χ1n) is 6.73. The molecule has 0 aromatic heterocycles. The molecule has 3 nitrogen and oxygen atoms in total. The Labute approximate surface area is 110 Å². The third-order valence-corrected chi connectivity index (χ3v) is 5.16. The van der Waals surface area contributed by atoms with Gasteiger partial charge < -0.3 is 0 Å². The van der Waals surface area contributed by atoms with Crippen molar-refractivity contribution >= 4 is 10.0 Å². The Kier molecular flexibility index (Phi) is 4.40. The van der Waals surface area contributed by atoms with Gasteiger partial charge >= 0.3 is 0 Å². The van der Waals surface area contributed by atoms with Gasteiger partial charge in [-0.05, 0) is 36.5 Å². The van der Waals surface area contributed by atoms with Gasteiger partial charge in [-0.3, -0.25) is 0 Å². The molecule has 0 unspecified atom stereocenters. The molecule has 1 aromatic rings. The van der Waals surface area contributed by atoms with Gasteiger partial charge in [-0.1, -0.05) is 38.3 Å². The summed E-state index contributed by atoms with van der Waals surface area (Å²) in [6.45, 7) is 2.21. The molecule has 1 saturated carbocycles. The molecular formula is C14H21NO2S. The topological polar surface area (TPSA) is 46.2 Å². The van der Waals surface area contributed by atoms with E-state index in [4.69, 9.17) is 0 Å². The minimum Gasteiger partial charge on any atom is -0.211 e. The third kappa shape index (κ3) is 3.12. The SMILES string of the molecule is CCNS(=O)(=O)c1ccc(C2CCCCC2)cc1. The Morgan fingerprint density at radius 3 is 2.28 bits per heavy atom. The fourth-order valence-electron chi connectivity index (χ4n) is 2.63. The van der Waals surface area contributed by atoms with Crippen molar-refractivity contribution in [3.63, 3.8) is 0 Å². The van der Waals surface area contributed by atoms with Crippen LogP contribution in [0.1, 0.15) is 50.5 Å². The predicted octanol–water partition coefficient (Wildman–Crippen LogP) is 3.03. The smallest absolute Gasteiger partial charge is 0.211 e. The maximum Gasteiger partial charge on any atom is 0.240 e.